The summed E-state index contributed by atoms with van der Waals surface area (Å²) < 4.78 is 1.94. The Kier molecular flexibility index (Phi) is 5.18. The van der Waals surface area contributed by atoms with Gasteiger partial charge < -0.3 is 11.1 Å². The molecule has 27 heavy (non-hydrogen) atoms. The first-order valence-corrected chi connectivity index (χ1v) is 10.7. The highest BCUT2D eigenvalue weighted by molar-refractivity contribution is 7.99. The van der Waals surface area contributed by atoms with Gasteiger partial charge in [0.25, 0.3) is 0 Å². The molecule has 1 aliphatic rings. The normalized spacial score (nSPS) is 14.9. The van der Waals surface area contributed by atoms with Gasteiger partial charge in [-0.05, 0) is 36.8 Å². The fourth-order valence-corrected chi connectivity index (χ4v) is 4.55. The molecule has 2 aromatic heterocycles. The molecule has 1 saturated carbocycles. The van der Waals surface area contributed by atoms with Crippen LogP contribution in [-0.4, -0.2) is 26.4 Å². The molecule has 1 aromatic carbocycles. The maximum absolute atomic E-state index is 12.6. The summed E-state index contributed by atoms with van der Waals surface area (Å²) in [5, 5.41) is 14.0. The molecule has 0 aliphatic heterocycles. The zero-order valence-electron chi connectivity index (χ0n) is 15.0. The summed E-state index contributed by atoms with van der Waals surface area (Å²) in [7, 11) is 0. The van der Waals surface area contributed by atoms with Crippen LogP contribution in [0.15, 0.2) is 46.9 Å². The van der Waals surface area contributed by atoms with E-state index < -0.39 is 0 Å². The molecule has 0 bridgehead atoms. The Morgan fingerprint density at radius 2 is 2.11 bits per heavy atom. The number of rotatable bonds is 7. The Morgan fingerprint density at radius 3 is 2.78 bits per heavy atom. The second kappa shape index (κ2) is 7.74. The van der Waals surface area contributed by atoms with E-state index >= 15 is 0 Å². The number of carbonyl (C=O) groups excluding carboxylic acids is 1. The van der Waals surface area contributed by atoms with E-state index in [0.29, 0.717) is 17.1 Å². The number of thioether (sulfide) groups is 1. The Morgan fingerprint density at radius 1 is 1.33 bits per heavy atom. The third-order valence-corrected chi connectivity index (χ3v) is 6.36. The predicted octanol–water partition coefficient (Wildman–Crippen LogP) is 3.56. The van der Waals surface area contributed by atoms with E-state index in [1.54, 1.807) is 11.3 Å². The minimum absolute atomic E-state index is 0.0390. The third kappa shape index (κ3) is 4.17. The molecule has 3 N–H and O–H groups in total. The van der Waals surface area contributed by atoms with Crippen LogP contribution in [-0.2, 0) is 4.79 Å². The summed E-state index contributed by atoms with van der Waals surface area (Å²) in [6.45, 7) is 2.06. The fourth-order valence-electron chi connectivity index (χ4n) is 2.93. The average Bonchev–Trinajstić information content (AvgIpc) is 3.21. The molecule has 0 radical (unpaired) electrons. The van der Waals surface area contributed by atoms with Gasteiger partial charge in [0.2, 0.25) is 11.9 Å². The predicted molar refractivity (Wildman–Crippen MR) is 109 cm³/mol. The molecular weight excluding hydrogens is 378 g/mol. The standard InChI is InChI=1S/C19H21N5OS2/c1-12-4-6-13(7-5-12)17(15-3-2-10-26-15)21-16(25)11-27-19-23-22-18(20)24(19)14-8-9-14/h2-7,10,14,17H,8-9,11H2,1H3,(H2,20,22)(H,21,25). The number of carbonyl (C=O) groups is 1. The second-order valence-corrected chi connectivity index (χ2v) is 8.58. The van der Waals surface area contributed by atoms with Crippen LogP contribution in [0.25, 0.3) is 0 Å². The summed E-state index contributed by atoms with van der Waals surface area (Å²) >= 11 is 3.02. The van der Waals surface area contributed by atoms with E-state index in [-0.39, 0.29) is 17.7 Å². The highest BCUT2D eigenvalue weighted by atomic mass is 32.2. The van der Waals surface area contributed by atoms with Gasteiger partial charge in [0.1, 0.15) is 0 Å². The van der Waals surface area contributed by atoms with Crippen LogP contribution < -0.4 is 11.1 Å². The van der Waals surface area contributed by atoms with Gasteiger partial charge in [-0.25, -0.2) is 0 Å². The molecule has 1 amide bonds. The van der Waals surface area contributed by atoms with Crippen LogP contribution in [0, 0.1) is 6.92 Å². The average molecular weight is 400 g/mol. The smallest absolute Gasteiger partial charge is 0.231 e. The topological polar surface area (TPSA) is 85.8 Å². The lowest BCUT2D eigenvalue weighted by molar-refractivity contribution is -0.119. The number of nitrogens with two attached hydrogens (primary N) is 1. The molecule has 4 rings (SSSR count). The van der Waals surface area contributed by atoms with Crippen molar-refractivity contribution in [3.63, 3.8) is 0 Å². The molecule has 3 aromatic rings. The Labute approximate surface area is 166 Å². The van der Waals surface area contributed by atoms with Crippen molar-refractivity contribution in [2.24, 2.45) is 0 Å². The van der Waals surface area contributed by atoms with Crippen molar-refractivity contribution in [3.05, 3.63) is 57.8 Å². The summed E-state index contributed by atoms with van der Waals surface area (Å²) in [6.07, 6.45) is 2.19. The van der Waals surface area contributed by atoms with Crippen molar-refractivity contribution >= 4 is 35.0 Å². The molecule has 0 saturated heterocycles. The lowest BCUT2D eigenvalue weighted by Gasteiger charge is -2.18. The number of nitrogens with one attached hydrogen (secondary N) is 1. The molecule has 2 heterocycles. The van der Waals surface area contributed by atoms with Gasteiger partial charge >= 0.3 is 0 Å². The number of hydrogen-bond acceptors (Lipinski definition) is 6. The van der Waals surface area contributed by atoms with Crippen molar-refractivity contribution in [2.75, 3.05) is 11.5 Å². The van der Waals surface area contributed by atoms with Gasteiger partial charge in [-0.2, -0.15) is 0 Å². The second-order valence-electron chi connectivity index (χ2n) is 6.66. The van der Waals surface area contributed by atoms with E-state index in [2.05, 4.69) is 46.7 Å². The van der Waals surface area contributed by atoms with Crippen LogP contribution in [0.1, 0.15) is 40.9 Å². The summed E-state index contributed by atoms with van der Waals surface area (Å²) in [5.74, 6) is 0.665. The van der Waals surface area contributed by atoms with Gasteiger partial charge in [-0.15, -0.1) is 21.5 Å². The molecule has 1 fully saturated rings. The number of benzene rings is 1. The maximum Gasteiger partial charge on any atom is 0.231 e. The van der Waals surface area contributed by atoms with Gasteiger partial charge in [-0.3, -0.25) is 9.36 Å². The first kappa shape index (κ1) is 18.1. The summed E-state index contributed by atoms with van der Waals surface area (Å²) in [6, 6.07) is 12.6. The first-order chi connectivity index (χ1) is 13.1. The van der Waals surface area contributed by atoms with E-state index in [9.17, 15) is 4.79 Å². The molecule has 1 atom stereocenters. The van der Waals surface area contributed by atoms with Crippen LogP contribution in [0.3, 0.4) is 0 Å². The monoisotopic (exact) mass is 399 g/mol. The van der Waals surface area contributed by atoms with Crippen LogP contribution >= 0.6 is 23.1 Å². The van der Waals surface area contributed by atoms with Gasteiger partial charge in [-0.1, -0.05) is 47.7 Å². The minimum Gasteiger partial charge on any atom is -0.368 e. The van der Waals surface area contributed by atoms with Crippen molar-refractivity contribution in [1.82, 2.24) is 20.1 Å². The number of nitrogen functional groups attached to an aromatic ring is 1. The number of aromatic nitrogens is 3. The maximum atomic E-state index is 12.6. The quantitative estimate of drug-likeness (QED) is 0.593. The molecule has 0 spiro atoms. The number of anilines is 1. The minimum atomic E-state index is -0.148. The SMILES string of the molecule is Cc1ccc(C(NC(=O)CSc2nnc(N)n2C2CC2)c2cccs2)cc1. The number of amides is 1. The zero-order valence-corrected chi connectivity index (χ0v) is 16.6. The van der Waals surface area contributed by atoms with Crippen LogP contribution in [0.5, 0.6) is 0 Å². The molecular formula is C19H21N5OS2. The summed E-state index contributed by atoms with van der Waals surface area (Å²) in [4.78, 5) is 13.8. The van der Waals surface area contributed by atoms with E-state index in [0.717, 1.165) is 23.3 Å². The van der Waals surface area contributed by atoms with Crippen LogP contribution in [0.4, 0.5) is 5.95 Å². The van der Waals surface area contributed by atoms with E-state index in [4.69, 9.17) is 5.73 Å². The molecule has 1 unspecified atom stereocenters. The lowest BCUT2D eigenvalue weighted by atomic mass is 10.0. The highest BCUT2D eigenvalue weighted by Gasteiger charge is 2.29. The molecule has 8 heteroatoms. The number of thiophene rings is 1. The number of hydrogen-bond donors (Lipinski definition) is 2. The third-order valence-electron chi connectivity index (χ3n) is 4.48. The Hall–Kier alpha value is -2.32. The van der Waals surface area contributed by atoms with Crippen molar-refractivity contribution in [3.8, 4) is 0 Å². The van der Waals surface area contributed by atoms with E-state index in [1.807, 2.05) is 22.1 Å². The lowest BCUT2D eigenvalue weighted by Crippen LogP contribution is -2.30. The number of nitrogens with zero attached hydrogens (tertiary/aromatic N) is 3. The number of aryl methyl sites for hydroxylation is 1. The summed E-state index contributed by atoms with van der Waals surface area (Å²) in [5.41, 5.74) is 8.17. The van der Waals surface area contributed by atoms with Crippen molar-refractivity contribution in [1.29, 1.82) is 0 Å². The molecule has 6 nitrogen and oxygen atoms in total. The van der Waals surface area contributed by atoms with Crippen LogP contribution in [0.2, 0.25) is 0 Å². The molecule has 1 aliphatic carbocycles. The first-order valence-electron chi connectivity index (χ1n) is 8.84. The largest absolute Gasteiger partial charge is 0.368 e. The van der Waals surface area contributed by atoms with Gasteiger partial charge in [0.15, 0.2) is 5.16 Å². The van der Waals surface area contributed by atoms with Crippen molar-refractivity contribution in [2.45, 2.75) is 37.0 Å². The highest BCUT2D eigenvalue weighted by Crippen LogP contribution is 2.39. The molecule has 140 valence electrons. The van der Waals surface area contributed by atoms with Crippen molar-refractivity contribution < 1.29 is 4.79 Å². The van der Waals surface area contributed by atoms with E-state index in [1.165, 1.54) is 17.3 Å². The zero-order chi connectivity index (χ0) is 18.8. The van der Waals surface area contributed by atoms with Gasteiger partial charge in [0, 0.05) is 10.9 Å². The Bertz CT molecular complexity index is 916. The van der Waals surface area contributed by atoms with Gasteiger partial charge in [0.05, 0.1) is 11.8 Å². The Balaban J connectivity index is 1.45. The fraction of sp³-hybridized carbons (Fsp3) is 0.316.